The van der Waals surface area contributed by atoms with Crippen LogP contribution in [-0.2, 0) is 14.1 Å². The third-order valence-corrected chi connectivity index (χ3v) is 6.03. The first-order valence-electron chi connectivity index (χ1n) is 9.06. The summed E-state index contributed by atoms with van der Waals surface area (Å²) >= 11 is 0. The summed E-state index contributed by atoms with van der Waals surface area (Å²) in [7, 11) is -4.42. The largest absolute Gasteiger partial charge is 0.480 e. The minimum absolute atomic E-state index is 0. The van der Waals surface area contributed by atoms with Crippen LogP contribution in [0.5, 0.6) is 0 Å². The average Bonchev–Trinajstić information content (AvgIpc) is 2.96. The van der Waals surface area contributed by atoms with E-state index in [-0.39, 0.29) is 20.0 Å². The molecule has 30 heavy (non-hydrogen) atoms. The Morgan fingerprint density at radius 2 is 1.57 bits per heavy atom. The number of nitrogens with one attached hydrogen (secondary N) is 1. The van der Waals surface area contributed by atoms with Gasteiger partial charge >= 0.3 is 19.7 Å². The zero-order chi connectivity index (χ0) is 21.2. The lowest BCUT2D eigenvalue weighted by Gasteiger charge is -2.22. The molecular weight excluding hydrogens is 409 g/mol. The highest BCUT2D eigenvalue weighted by Gasteiger charge is 2.33. The summed E-state index contributed by atoms with van der Waals surface area (Å²) in [6, 6.07) is 14.1. The van der Waals surface area contributed by atoms with Crippen LogP contribution in [0.15, 0.2) is 48.5 Å². The number of ether oxygens (including phenoxy) is 1. The van der Waals surface area contributed by atoms with Crippen molar-refractivity contribution in [3.05, 3.63) is 59.7 Å². The number of fused-ring (bicyclic) bond motifs is 3. The summed E-state index contributed by atoms with van der Waals surface area (Å²) in [4.78, 5) is 41.8. The molecule has 1 aliphatic carbocycles. The summed E-state index contributed by atoms with van der Waals surface area (Å²) in [5, 5.41) is 11.5. The number of alkyl carbamates (subject to hydrolysis) is 1. The molecule has 2 aromatic rings. The predicted octanol–water partition coefficient (Wildman–Crippen LogP) is 3.43. The van der Waals surface area contributed by atoms with Gasteiger partial charge in [-0.3, -0.25) is 4.57 Å². The van der Waals surface area contributed by atoms with Gasteiger partial charge in [0.15, 0.2) is 0 Å². The van der Waals surface area contributed by atoms with Crippen molar-refractivity contribution < 1.29 is 33.8 Å². The summed E-state index contributed by atoms with van der Waals surface area (Å²) < 4.78 is 16.4. The molecule has 0 aliphatic heterocycles. The molecule has 0 saturated heterocycles. The van der Waals surface area contributed by atoms with Crippen molar-refractivity contribution >= 4 is 19.7 Å². The third-order valence-electron chi connectivity index (χ3n) is 4.98. The first kappa shape index (κ1) is 23.6. The maximum Gasteiger partial charge on any atom is 0.407 e. The van der Waals surface area contributed by atoms with E-state index in [0.29, 0.717) is 0 Å². The number of hydrogen-bond acceptors (Lipinski definition) is 4. The molecule has 0 heterocycles. The lowest BCUT2D eigenvalue weighted by molar-refractivity contribution is -0.140. The van der Waals surface area contributed by atoms with Crippen LogP contribution in [0.1, 0.15) is 31.4 Å². The van der Waals surface area contributed by atoms with Crippen LogP contribution in [0.4, 0.5) is 4.79 Å². The molecule has 1 aliphatic rings. The number of rotatable bonds is 7. The van der Waals surface area contributed by atoms with E-state index in [4.69, 9.17) is 14.5 Å². The zero-order valence-electron chi connectivity index (χ0n) is 15.7. The molecule has 3 rings (SSSR count). The van der Waals surface area contributed by atoms with E-state index in [1.54, 1.807) is 0 Å². The van der Waals surface area contributed by atoms with Crippen molar-refractivity contribution in [2.45, 2.75) is 26.3 Å². The SMILES string of the molecule is C.C[C@@H](CP(=O)(O)O)[C@H](NC(=O)OCC1c2ccccc2-c2ccccc21)C(=O)O. The van der Waals surface area contributed by atoms with E-state index in [1.807, 2.05) is 48.5 Å². The van der Waals surface area contributed by atoms with Crippen LogP contribution in [0.2, 0.25) is 0 Å². The Morgan fingerprint density at radius 1 is 1.07 bits per heavy atom. The van der Waals surface area contributed by atoms with Crippen LogP contribution in [0.3, 0.4) is 0 Å². The van der Waals surface area contributed by atoms with Crippen molar-refractivity contribution in [3.63, 3.8) is 0 Å². The minimum Gasteiger partial charge on any atom is -0.480 e. The highest BCUT2D eigenvalue weighted by atomic mass is 31.2. The molecule has 9 heteroatoms. The van der Waals surface area contributed by atoms with Crippen molar-refractivity contribution in [3.8, 4) is 11.1 Å². The molecule has 1 amide bonds. The van der Waals surface area contributed by atoms with Gasteiger partial charge in [-0.1, -0.05) is 62.9 Å². The van der Waals surface area contributed by atoms with E-state index < -0.39 is 37.8 Å². The normalized spacial score (nSPS) is 14.6. The number of carbonyl (C=O) groups excluding carboxylic acids is 1. The summed E-state index contributed by atoms with van der Waals surface area (Å²) in [6.45, 7) is 1.36. The van der Waals surface area contributed by atoms with Gasteiger partial charge in [-0.15, -0.1) is 0 Å². The number of carboxylic acid groups (broad SMARTS) is 1. The summed E-state index contributed by atoms with van der Waals surface area (Å²) in [5.41, 5.74) is 4.17. The molecule has 0 aromatic heterocycles. The van der Waals surface area contributed by atoms with Crippen LogP contribution < -0.4 is 5.32 Å². The minimum atomic E-state index is -4.42. The van der Waals surface area contributed by atoms with Gasteiger partial charge < -0.3 is 24.9 Å². The maximum atomic E-state index is 12.2. The maximum absolute atomic E-state index is 12.2. The highest BCUT2D eigenvalue weighted by Crippen LogP contribution is 2.44. The van der Waals surface area contributed by atoms with Gasteiger partial charge in [0, 0.05) is 5.92 Å². The molecule has 0 bridgehead atoms. The van der Waals surface area contributed by atoms with Crippen molar-refractivity contribution in [1.29, 1.82) is 0 Å². The molecule has 0 unspecified atom stereocenters. The number of benzene rings is 2. The third kappa shape index (κ3) is 5.27. The number of aliphatic carboxylic acids is 1. The number of carboxylic acids is 1. The highest BCUT2D eigenvalue weighted by molar-refractivity contribution is 7.51. The molecule has 2 aromatic carbocycles. The lowest BCUT2D eigenvalue weighted by Crippen LogP contribution is -2.46. The van der Waals surface area contributed by atoms with E-state index in [0.717, 1.165) is 22.3 Å². The standard InChI is InChI=1S/C20H22NO7P.CH4/c1-12(11-29(25,26)27)18(19(22)23)21-20(24)28-10-17-15-8-4-2-6-13(15)14-7-3-5-9-16(14)17;/h2-9,12,17-18H,10-11H2,1H3,(H,21,24)(H,22,23)(H2,25,26,27);1H4/t12-,18-;/m0./s1. The van der Waals surface area contributed by atoms with Gasteiger partial charge in [0.05, 0.1) is 6.16 Å². The first-order valence-corrected chi connectivity index (χ1v) is 10.9. The molecule has 0 fully saturated rings. The van der Waals surface area contributed by atoms with E-state index in [9.17, 15) is 19.3 Å². The fourth-order valence-electron chi connectivity index (χ4n) is 3.69. The van der Waals surface area contributed by atoms with Crippen LogP contribution in [0, 0.1) is 5.92 Å². The zero-order valence-corrected chi connectivity index (χ0v) is 16.6. The molecule has 162 valence electrons. The van der Waals surface area contributed by atoms with Crippen molar-refractivity contribution in [2.75, 3.05) is 12.8 Å². The number of amides is 1. The van der Waals surface area contributed by atoms with Gasteiger partial charge in [-0.25, -0.2) is 9.59 Å². The summed E-state index contributed by atoms with van der Waals surface area (Å²) in [5.74, 6) is -2.54. The molecule has 0 saturated carbocycles. The fraction of sp³-hybridized carbons (Fsp3) is 0.333. The lowest BCUT2D eigenvalue weighted by atomic mass is 9.98. The molecule has 0 radical (unpaired) electrons. The van der Waals surface area contributed by atoms with Gasteiger partial charge in [0.1, 0.15) is 12.6 Å². The Kier molecular flexibility index (Phi) is 7.42. The Bertz CT molecular complexity index is 926. The summed E-state index contributed by atoms with van der Waals surface area (Å²) in [6.07, 6.45) is -1.61. The Balaban J connectivity index is 0.00000320. The van der Waals surface area contributed by atoms with Gasteiger partial charge in [0.25, 0.3) is 0 Å². The van der Waals surface area contributed by atoms with Crippen molar-refractivity contribution in [1.82, 2.24) is 5.32 Å². The molecule has 2 atom stereocenters. The second-order valence-electron chi connectivity index (χ2n) is 7.11. The van der Waals surface area contributed by atoms with E-state index >= 15 is 0 Å². The number of carbonyl (C=O) groups is 2. The topological polar surface area (TPSA) is 133 Å². The number of hydrogen-bond donors (Lipinski definition) is 4. The molecule has 0 spiro atoms. The smallest absolute Gasteiger partial charge is 0.407 e. The van der Waals surface area contributed by atoms with Gasteiger partial charge in [0.2, 0.25) is 0 Å². The predicted molar refractivity (Wildman–Crippen MR) is 112 cm³/mol. The monoisotopic (exact) mass is 435 g/mol. The van der Waals surface area contributed by atoms with Gasteiger partial charge in [-0.2, -0.15) is 0 Å². The van der Waals surface area contributed by atoms with Crippen LogP contribution >= 0.6 is 7.60 Å². The van der Waals surface area contributed by atoms with Crippen molar-refractivity contribution in [2.24, 2.45) is 5.92 Å². The quantitative estimate of drug-likeness (QED) is 0.490. The first-order chi connectivity index (χ1) is 13.7. The van der Waals surface area contributed by atoms with Gasteiger partial charge in [-0.05, 0) is 28.2 Å². The molecular formula is C21H26NO7P. The Morgan fingerprint density at radius 3 is 2.03 bits per heavy atom. The van der Waals surface area contributed by atoms with E-state index in [2.05, 4.69) is 5.32 Å². The Hall–Kier alpha value is -2.67. The molecule has 8 nitrogen and oxygen atoms in total. The molecule has 4 N–H and O–H groups in total. The van der Waals surface area contributed by atoms with E-state index in [1.165, 1.54) is 6.92 Å². The second-order valence-corrected chi connectivity index (χ2v) is 8.80. The average molecular weight is 435 g/mol. The van der Waals surface area contributed by atoms with Crippen LogP contribution in [0.25, 0.3) is 11.1 Å². The van der Waals surface area contributed by atoms with Crippen LogP contribution in [-0.4, -0.2) is 45.8 Å². The Labute approximate surface area is 175 Å². The fourth-order valence-corrected chi connectivity index (χ4v) is 4.66. The second kappa shape index (κ2) is 9.43.